The van der Waals surface area contributed by atoms with Crippen LogP contribution in [0.15, 0.2) is 24.3 Å². The van der Waals surface area contributed by atoms with Crippen LogP contribution >= 0.6 is 0 Å². The molecule has 0 aliphatic heterocycles. The number of hydrogen-bond acceptors (Lipinski definition) is 4. The van der Waals surface area contributed by atoms with Gasteiger partial charge in [0.05, 0.1) is 19.7 Å². The fraction of sp³-hybridized carbons (Fsp3) is 0.400. The topological polar surface area (TPSA) is 81.7 Å². The third kappa shape index (κ3) is 5.76. The van der Waals surface area contributed by atoms with Crippen LogP contribution in [0.4, 0.5) is 22.1 Å². The third-order valence-electron chi connectivity index (χ3n) is 4.38. The number of aromatic nitrogens is 1. The molecule has 27 heavy (non-hydrogen) atoms. The van der Waals surface area contributed by atoms with E-state index in [0.29, 0.717) is 18.1 Å². The molecule has 148 valence electrons. The molecule has 0 aliphatic carbocycles. The van der Waals surface area contributed by atoms with E-state index in [2.05, 4.69) is 55.0 Å². The van der Waals surface area contributed by atoms with Crippen molar-refractivity contribution in [1.29, 1.82) is 0 Å². The highest BCUT2D eigenvalue weighted by molar-refractivity contribution is 5.87. The molecule has 0 radical (unpaired) electrons. The number of nitrogens with two attached hydrogens (primary N) is 1. The number of nitrogen functional groups attached to an aromatic ring is 1. The number of pyridine rings is 1. The summed E-state index contributed by atoms with van der Waals surface area (Å²) in [6.07, 6.45) is -0.515. The van der Waals surface area contributed by atoms with E-state index in [1.54, 1.807) is 13.0 Å². The predicted molar refractivity (Wildman–Crippen MR) is 105 cm³/mol. The first kappa shape index (κ1) is 22.6. The number of nitrogens with one attached hydrogen (secondary N) is 2. The molecule has 0 aliphatic rings. The summed E-state index contributed by atoms with van der Waals surface area (Å²) in [5, 5.41) is 2.63. The van der Waals surface area contributed by atoms with Gasteiger partial charge < -0.3 is 22.9 Å². The molecule has 6 nitrogen and oxygen atoms in total. The first-order valence-electron chi connectivity index (χ1n) is 8.92. The molecule has 1 aromatic carbocycles. The lowest BCUT2D eigenvalue weighted by atomic mass is 9.99. The van der Waals surface area contributed by atoms with E-state index in [4.69, 9.17) is 10.5 Å². The number of carbonyl (C=O) groups is 1. The Morgan fingerprint density at radius 1 is 1.19 bits per heavy atom. The van der Waals surface area contributed by atoms with Crippen molar-refractivity contribution >= 4 is 23.4 Å². The number of aryl methyl sites for hydroxylation is 3. The fourth-order valence-corrected chi connectivity index (χ4v) is 3.09. The number of H-pyrrole nitrogens is 1. The predicted octanol–water partition coefficient (Wildman–Crippen LogP) is 0.607. The summed E-state index contributed by atoms with van der Waals surface area (Å²) in [5.41, 5.74) is 11.8. The van der Waals surface area contributed by atoms with Gasteiger partial charge in [0.25, 0.3) is 0 Å². The van der Waals surface area contributed by atoms with E-state index in [9.17, 15) is 4.79 Å². The lowest BCUT2D eigenvalue weighted by Gasteiger charge is -2.21. The molecule has 0 saturated carbocycles. The molecule has 1 amide bonds. The van der Waals surface area contributed by atoms with Crippen LogP contribution in [0.25, 0.3) is 0 Å². The van der Waals surface area contributed by atoms with Crippen LogP contribution in [-0.2, 0) is 11.3 Å². The molecule has 0 spiro atoms. The van der Waals surface area contributed by atoms with Crippen LogP contribution in [0.1, 0.15) is 36.1 Å². The van der Waals surface area contributed by atoms with Crippen LogP contribution in [-0.4, -0.2) is 19.2 Å². The Morgan fingerprint density at radius 3 is 2.33 bits per heavy atom. The summed E-state index contributed by atoms with van der Waals surface area (Å²) in [6.45, 7) is 12.2. The molecule has 0 unspecified atom stereocenters. The van der Waals surface area contributed by atoms with Gasteiger partial charge in [-0.3, -0.25) is 10.2 Å². The SMILES string of the molecule is CCOC(=O)Nc1ccc(N(CC)Cc2c(C)cc(C)cc2C)[nH+]c1N.[Cl-]. The van der Waals surface area contributed by atoms with Gasteiger partial charge in [-0.25, -0.2) is 9.78 Å². The number of rotatable bonds is 6. The van der Waals surface area contributed by atoms with Gasteiger partial charge in [0.2, 0.25) is 11.6 Å². The highest BCUT2D eigenvalue weighted by Crippen LogP contribution is 2.22. The standard InChI is InChI=1S/C20H28N4O2.ClH/c1-6-24(12-16-14(4)10-13(3)11-15(16)5)18-9-8-17(19(21)23-18)22-20(25)26-7-2;/h8-11H,6-7,12H2,1-5H3,(H2,21,23)(H,22,25);1H. The minimum atomic E-state index is -0.515. The van der Waals surface area contributed by atoms with Crippen LogP contribution in [0.2, 0.25) is 0 Å². The second-order valence-corrected chi connectivity index (χ2v) is 6.41. The molecule has 1 aromatic heterocycles. The average molecular weight is 393 g/mol. The Balaban J connectivity index is 0.00000364. The van der Waals surface area contributed by atoms with Gasteiger partial charge >= 0.3 is 6.09 Å². The number of carbonyl (C=O) groups excluding carboxylic acids is 1. The van der Waals surface area contributed by atoms with Gasteiger partial charge in [-0.05, 0) is 57.4 Å². The maximum Gasteiger partial charge on any atom is 0.411 e. The van der Waals surface area contributed by atoms with Gasteiger partial charge in [0, 0.05) is 6.07 Å². The zero-order chi connectivity index (χ0) is 19.3. The summed E-state index contributed by atoms with van der Waals surface area (Å²) in [6, 6.07) is 8.12. The first-order chi connectivity index (χ1) is 12.3. The minimum absolute atomic E-state index is 0. The number of nitrogens with zero attached hydrogens (tertiary/aromatic N) is 1. The van der Waals surface area contributed by atoms with E-state index in [1.807, 2.05) is 6.07 Å². The van der Waals surface area contributed by atoms with Crippen molar-refractivity contribution in [2.75, 3.05) is 29.1 Å². The van der Waals surface area contributed by atoms with Crippen LogP contribution in [0.3, 0.4) is 0 Å². The maximum atomic E-state index is 11.6. The fourth-order valence-electron chi connectivity index (χ4n) is 3.09. The van der Waals surface area contributed by atoms with Crippen molar-refractivity contribution in [2.45, 2.75) is 41.2 Å². The van der Waals surface area contributed by atoms with Crippen molar-refractivity contribution in [3.63, 3.8) is 0 Å². The quantitative estimate of drug-likeness (QED) is 0.754. The van der Waals surface area contributed by atoms with Gasteiger partial charge in [0.15, 0.2) is 0 Å². The summed E-state index contributed by atoms with van der Waals surface area (Å²) in [4.78, 5) is 17.0. The summed E-state index contributed by atoms with van der Waals surface area (Å²) < 4.78 is 4.88. The summed E-state index contributed by atoms with van der Waals surface area (Å²) in [5.74, 6) is 1.30. The average Bonchev–Trinajstić information content (AvgIpc) is 2.56. The molecule has 2 aromatic rings. The van der Waals surface area contributed by atoms with E-state index < -0.39 is 6.09 Å². The monoisotopic (exact) mass is 392 g/mol. The largest absolute Gasteiger partial charge is 1.00 e. The van der Waals surface area contributed by atoms with Crippen molar-refractivity contribution in [3.05, 3.63) is 46.5 Å². The van der Waals surface area contributed by atoms with Crippen molar-refractivity contribution in [3.8, 4) is 0 Å². The summed E-state index contributed by atoms with van der Waals surface area (Å²) >= 11 is 0. The molecular weight excluding hydrogens is 364 g/mol. The molecule has 0 atom stereocenters. The highest BCUT2D eigenvalue weighted by atomic mass is 35.5. The van der Waals surface area contributed by atoms with E-state index >= 15 is 0 Å². The second kappa shape index (κ2) is 10.0. The van der Waals surface area contributed by atoms with E-state index in [-0.39, 0.29) is 12.4 Å². The van der Waals surface area contributed by atoms with Crippen molar-refractivity contribution in [2.24, 2.45) is 0 Å². The van der Waals surface area contributed by atoms with Gasteiger partial charge in [-0.15, -0.1) is 0 Å². The van der Waals surface area contributed by atoms with Gasteiger partial charge in [-0.2, -0.15) is 0 Å². The lowest BCUT2D eigenvalue weighted by Crippen LogP contribution is -3.00. The molecule has 2 rings (SSSR count). The Hall–Kier alpha value is -2.47. The smallest absolute Gasteiger partial charge is 0.411 e. The highest BCUT2D eigenvalue weighted by Gasteiger charge is 2.17. The molecule has 4 N–H and O–H groups in total. The number of ether oxygens (including phenoxy) is 1. The molecule has 7 heteroatoms. The zero-order valence-corrected chi connectivity index (χ0v) is 17.4. The number of benzene rings is 1. The zero-order valence-electron chi connectivity index (χ0n) is 16.6. The van der Waals surface area contributed by atoms with Crippen molar-refractivity contribution < 1.29 is 26.9 Å². The van der Waals surface area contributed by atoms with Gasteiger partial charge in [0.1, 0.15) is 5.69 Å². The Labute approximate surface area is 167 Å². The van der Waals surface area contributed by atoms with Gasteiger partial charge in [-0.1, -0.05) is 17.7 Å². The maximum absolute atomic E-state index is 11.6. The minimum Gasteiger partial charge on any atom is -1.00 e. The Kier molecular flexibility index (Phi) is 8.37. The Morgan fingerprint density at radius 2 is 1.81 bits per heavy atom. The normalized spacial score (nSPS) is 10.1. The van der Waals surface area contributed by atoms with E-state index in [1.165, 1.54) is 22.3 Å². The first-order valence-corrected chi connectivity index (χ1v) is 8.92. The molecule has 1 heterocycles. The molecule has 0 bridgehead atoms. The number of hydrogen-bond donors (Lipinski definition) is 2. The number of aromatic amines is 1. The molecule has 0 saturated heterocycles. The van der Waals surface area contributed by atoms with Crippen LogP contribution < -0.4 is 33.3 Å². The molecule has 0 fully saturated rings. The summed E-state index contributed by atoms with van der Waals surface area (Å²) in [7, 11) is 0. The number of anilines is 3. The number of halogens is 1. The van der Waals surface area contributed by atoms with E-state index in [0.717, 1.165) is 18.9 Å². The number of amides is 1. The second-order valence-electron chi connectivity index (χ2n) is 6.41. The van der Waals surface area contributed by atoms with Crippen molar-refractivity contribution in [1.82, 2.24) is 0 Å². The van der Waals surface area contributed by atoms with Crippen LogP contribution in [0, 0.1) is 20.8 Å². The Bertz CT molecular complexity index is 773. The molecular formula is C20H29ClN4O2. The lowest BCUT2D eigenvalue weighted by molar-refractivity contribution is -0.345. The third-order valence-corrected chi connectivity index (χ3v) is 4.38. The van der Waals surface area contributed by atoms with Crippen LogP contribution in [0.5, 0.6) is 0 Å².